The Balaban J connectivity index is 2.72. The quantitative estimate of drug-likeness (QED) is 0.634. The minimum absolute atomic E-state index is 0.365. The van der Waals surface area contributed by atoms with Crippen molar-refractivity contribution in [3.63, 3.8) is 0 Å². The molecule has 0 saturated heterocycles. The van der Waals surface area contributed by atoms with Crippen LogP contribution in [0.15, 0.2) is 16.5 Å². The second-order valence-corrected chi connectivity index (χ2v) is 2.17. The van der Waals surface area contributed by atoms with Crippen LogP contribution in [-0.2, 0) is 0 Å². The first-order valence-electron chi connectivity index (χ1n) is 3.03. The number of hydrogen-bond acceptors (Lipinski definition) is 2. The average molecular weight is 153 g/mol. The molecule has 4 heteroatoms. The third-order valence-electron chi connectivity index (χ3n) is 1.42. The summed E-state index contributed by atoms with van der Waals surface area (Å²) in [6.45, 7) is 0. The highest BCUT2D eigenvalue weighted by molar-refractivity contribution is 5.84. The second-order valence-electron chi connectivity index (χ2n) is 2.17. The Morgan fingerprint density at radius 3 is 3.00 bits per heavy atom. The van der Waals surface area contributed by atoms with Gasteiger partial charge in [0.25, 0.3) is 6.01 Å². The maximum Gasteiger partial charge on any atom is 0.280 e. The van der Waals surface area contributed by atoms with E-state index in [0.717, 1.165) is 0 Å². The molecule has 0 radical (unpaired) electrons. The molecule has 0 aromatic carbocycles. The van der Waals surface area contributed by atoms with Gasteiger partial charge < -0.3 is 9.40 Å². The molecule has 0 amide bonds. The molecule has 0 aliphatic heterocycles. The van der Waals surface area contributed by atoms with Gasteiger partial charge in [0.2, 0.25) is 0 Å². The highest BCUT2D eigenvalue weighted by atomic mass is 19.1. The van der Waals surface area contributed by atoms with Crippen LogP contribution < -0.4 is 0 Å². The van der Waals surface area contributed by atoms with Gasteiger partial charge in [0, 0.05) is 12.1 Å². The first-order valence-corrected chi connectivity index (χ1v) is 3.03. The summed E-state index contributed by atoms with van der Waals surface area (Å²) in [4.78, 5) is 12.9. The van der Waals surface area contributed by atoms with Crippen LogP contribution in [0.4, 0.5) is 4.39 Å². The zero-order valence-corrected chi connectivity index (χ0v) is 5.43. The summed E-state index contributed by atoms with van der Waals surface area (Å²) in [5.74, 6) is 0. The summed E-state index contributed by atoms with van der Waals surface area (Å²) >= 11 is 0. The molecule has 2 aromatic rings. The van der Waals surface area contributed by atoms with E-state index in [1.54, 1.807) is 0 Å². The molecule has 0 fully saturated rings. The number of carbonyl (C=O) groups excluding carboxylic acids is 1. The Labute approximate surface area is 60.8 Å². The predicted octanol–water partition coefficient (Wildman–Crippen LogP) is 1.71. The molecule has 0 aliphatic rings. The van der Waals surface area contributed by atoms with Gasteiger partial charge in [0.1, 0.15) is 0 Å². The van der Waals surface area contributed by atoms with Crippen LogP contribution in [0.2, 0.25) is 0 Å². The molecule has 56 valence electrons. The van der Waals surface area contributed by atoms with Gasteiger partial charge in [-0.2, -0.15) is 4.39 Å². The van der Waals surface area contributed by atoms with E-state index in [2.05, 4.69) is 9.40 Å². The normalized spacial score (nSPS) is 10.6. The molecule has 0 unspecified atom stereocenters. The number of halogens is 1. The van der Waals surface area contributed by atoms with Crippen molar-refractivity contribution >= 4 is 17.4 Å². The van der Waals surface area contributed by atoms with Crippen LogP contribution in [-0.4, -0.2) is 11.3 Å². The molecule has 0 aliphatic carbocycles. The average Bonchev–Trinajstić information content (AvgIpc) is 2.43. The number of carbonyl (C=O) groups is 1. The van der Waals surface area contributed by atoms with Crippen LogP contribution in [0, 0.1) is 6.01 Å². The van der Waals surface area contributed by atoms with Crippen molar-refractivity contribution in [1.29, 1.82) is 0 Å². The second kappa shape index (κ2) is 1.95. The number of H-pyrrole nitrogens is 1. The smallest absolute Gasteiger partial charge is 0.280 e. The minimum Gasteiger partial charge on any atom is -0.429 e. The summed E-state index contributed by atoms with van der Waals surface area (Å²) in [7, 11) is 0. The molecular formula is C7H4FNO2. The molecule has 2 aromatic heterocycles. The van der Waals surface area contributed by atoms with Crippen LogP contribution >= 0.6 is 0 Å². The topological polar surface area (TPSA) is 46.0 Å². The Hall–Kier alpha value is -1.58. The Morgan fingerprint density at radius 1 is 1.55 bits per heavy atom. The molecule has 0 bridgehead atoms. The van der Waals surface area contributed by atoms with E-state index in [0.29, 0.717) is 23.1 Å². The zero-order chi connectivity index (χ0) is 7.84. The van der Waals surface area contributed by atoms with E-state index in [1.165, 1.54) is 12.1 Å². The minimum atomic E-state index is -0.649. The highest BCUT2D eigenvalue weighted by Crippen LogP contribution is 2.17. The van der Waals surface area contributed by atoms with Crippen molar-refractivity contribution in [2.45, 2.75) is 0 Å². The standard InChI is InChI=1S/C7H4FNO2/c8-7-2-5-6(11-7)1-4(3-10)9-5/h1-3,9H. The first-order chi connectivity index (χ1) is 5.29. The molecular weight excluding hydrogens is 149 g/mol. The van der Waals surface area contributed by atoms with E-state index >= 15 is 0 Å². The van der Waals surface area contributed by atoms with Gasteiger partial charge in [-0.25, -0.2) is 0 Å². The van der Waals surface area contributed by atoms with Crippen molar-refractivity contribution in [2.75, 3.05) is 0 Å². The van der Waals surface area contributed by atoms with Crippen molar-refractivity contribution in [2.24, 2.45) is 0 Å². The molecule has 2 rings (SSSR count). The maximum atomic E-state index is 12.3. The monoisotopic (exact) mass is 153 g/mol. The Morgan fingerprint density at radius 2 is 2.36 bits per heavy atom. The number of hydrogen-bond donors (Lipinski definition) is 1. The Bertz CT molecular complexity index is 370. The third kappa shape index (κ3) is 0.832. The van der Waals surface area contributed by atoms with E-state index in [-0.39, 0.29) is 0 Å². The number of aldehydes is 1. The maximum absolute atomic E-state index is 12.3. The van der Waals surface area contributed by atoms with Gasteiger partial charge in [-0.15, -0.1) is 0 Å². The van der Waals surface area contributed by atoms with Gasteiger partial charge in [0.05, 0.1) is 11.2 Å². The summed E-state index contributed by atoms with van der Waals surface area (Å²) in [6, 6.07) is 2.00. The summed E-state index contributed by atoms with van der Waals surface area (Å²) in [5, 5.41) is 0. The fraction of sp³-hybridized carbons (Fsp3) is 0. The van der Waals surface area contributed by atoms with Crippen LogP contribution in [0.3, 0.4) is 0 Å². The fourth-order valence-electron chi connectivity index (χ4n) is 0.975. The van der Waals surface area contributed by atoms with Crippen LogP contribution in [0.25, 0.3) is 11.1 Å². The number of aromatic amines is 1. The lowest BCUT2D eigenvalue weighted by molar-refractivity contribution is 0.111. The Kier molecular flexibility index (Phi) is 1.09. The molecule has 0 atom stereocenters. The number of nitrogens with one attached hydrogen (secondary N) is 1. The van der Waals surface area contributed by atoms with Gasteiger partial charge in [-0.3, -0.25) is 4.79 Å². The first kappa shape index (κ1) is 6.15. The van der Waals surface area contributed by atoms with E-state index in [4.69, 9.17) is 0 Å². The van der Waals surface area contributed by atoms with Crippen LogP contribution in [0.5, 0.6) is 0 Å². The summed E-state index contributed by atoms with van der Waals surface area (Å²) in [5.41, 5.74) is 1.26. The van der Waals surface area contributed by atoms with Crippen molar-refractivity contribution < 1.29 is 13.6 Å². The van der Waals surface area contributed by atoms with Gasteiger partial charge in [-0.05, 0) is 0 Å². The SMILES string of the molecule is O=Cc1cc2oc(F)cc2[nH]1. The largest absolute Gasteiger partial charge is 0.429 e. The van der Waals surface area contributed by atoms with Crippen molar-refractivity contribution in [1.82, 2.24) is 4.98 Å². The van der Waals surface area contributed by atoms with Crippen molar-refractivity contribution in [3.05, 3.63) is 23.8 Å². The van der Waals surface area contributed by atoms with Crippen LogP contribution in [0.1, 0.15) is 10.5 Å². The van der Waals surface area contributed by atoms with Crippen molar-refractivity contribution in [3.8, 4) is 0 Å². The van der Waals surface area contributed by atoms with Gasteiger partial charge >= 0.3 is 0 Å². The number of rotatable bonds is 1. The lowest BCUT2D eigenvalue weighted by atomic mass is 10.4. The number of fused-ring (bicyclic) bond motifs is 1. The van der Waals surface area contributed by atoms with Gasteiger partial charge in [-0.1, -0.05) is 0 Å². The molecule has 3 nitrogen and oxygen atoms in total. The number of aromatic nitrogens is 1. The van der Waals surface area contributed by atoms with E-state index < -0.39 is 6.01 Å². The lowest BCUT2D eigenvalue weighted by Gasteiger charge is -1.75. The summed E-state index contributed by atoms with van der Waals surface area (Å²) < 4.78 is 16.9. The molecule has 1 N–H and O–H groups in total. The molecule has 11 heavy (non-hydrogen) atoms. The molecule has 2 heterocycles. The lowest BCUT2D eigenvalue weighted by Crippen LogP contribution is -1.74. The van der Waals surface area contributed by atoms with E-state index in [1.807, 2.05) is 0 Å². The molecule has 0 spiro atoms. The molecule has 0 saturated carbocycles. The fourth-order valence-corrected chi connectivity index (χ4v) is 0.975. The predicted molar refractivity (Wildman–Crippen MR) is 35.9 cm³/mol. The summed E-state index contributed by atoms with van der Waals surface area (Å²) in [6.07, 6.45) is 0.646. The zero-order valence-electron chi connectivity index (χ0n) is 5.43. The van der Waals surface area contributed by atoms with E-state index in [9.17, 15) is 9.18 Å². The number of furan rings is 1. The highest BCUT2D eigenvalue weighted by Gasteiger charge is 2.05. The van der Waals surface area contributed by atoms with Gasteiger partial charge in [0.15, 0.2) is 11.9 Å². The third-order valence-corrected chi connectivity index (χ3v) is 1.42.